The zero-order chi connectivity index (χ0) is 16.7. The van der Waals surface area contributed by atoms with Crippen molar-refractivity contribution in [1.82, 2.24) is 10.2 Å². The molecule has 3 aliphatic rings. The van der Waals surface area contributed by atoms with E-state index >= 15 is 0 Å². The molecule has 2 saturated heterocycles. The van der Waals surface area contributed by atoms with Gasteiger partial charge in [0, 0.05) is 12.5 Å². The van der Waals surface area contributed by atoms with Crippen LogP contribution < -0.4 is 14.8 Å². The van der Waals surface area contributed by atoms with Crippen LogP contribution in [-0.2, 0) is 4.74 Å². The molecule has 1 N–H and O–H groups in total. The number of hydrogen-bond donors (Lipinski definition) is 1. The molecule has 0 saturated carbocycles. The summed E-state index contributed by atoms with van der Waals surface area (Å²) in [5.74, 6) is 1.91. The minimum Gasteiger partial charge on any atom is -0.486 e. The fourth-order valence-corrected chi connectivity index (χ4v) is 3.96. The Balaban J connectivity index is 1.34. The van der Waals surface area contributed by atoms with Crippen molar-refractivity contribution in [2.45, 2.75) is 26.0 Å². The summed E-state index contributed by atoms with van der Waals surface area (Å²) >= 11 is 0. The number of amides is 2. The zero-order valence-corrected chi connectivity index (χ0v) is 14.2. The van der Waals surface area contributed by atoms with Gasteiger partial charge in [0.05, 0.1) is 25.8 Å². The third-order valence-electron chi connectivity index (χ3n) is 5.34. The molecule has 3 heterocycles. The van der Waals surface area contributed by atoms with Gasteiger partial charge in [-0.3, -0.25) is 0 Å². The van der Waals surface area contributed by atoms with Crippen LogP contribution in [0.2, 0.25) is 0 Å². The van der Waals surface area contributed by atoms with Gasteiger partial charge in [-0.1, -0.05) is 26.0 Å². The monoisotopic (exact) mass is 332 g/mol. The van der Waals surface area contributed by atoms with E-state index in [2.05, 4.69) is 19.2 Å². The highest BCUT2D eigenvalue weighted by Gasteiger charge is 2.51. The number of likely N-dealkylation sites (tertiary alicyclic amines) is 1. The van der Waals surface area contributed by atoms with Gasteiger partial charge in [-0.05, 0) is 17.5 Å². The van der Waals surface area contributed by atoms with E-state index in [1.165, 1.54) is 0 Å². The van der Waals surface area contributed by atoms with Crippen molar-refractivity contribution in [1.29, 1.82) is 0 Å². The van der Waals surface area contributed by atoms with Gasteiger partial charge >= 0.3 is 6.03 Å². The molecule has 6 nitrogen and oxygen atoms in total. The molecule has 2 amide bonds. The molecule has 24 heavy (non-hydrogen) atoms. The van der Waals surface area contributed by atoms with E-state index in [9.17, 15) is 4.79 Å². The molecular weight excluding hydrogens is 308 g/mol. The van der Waals surface area contributed by atoms with Crippen LogP contribution in [0.4, 0.5) is 4.79 Å². The number of hydrogen-bond acceptors (Lipinski definition) is 4. The Labute approximate surface area is 142 Å². The standard InChI is InChI=1S/C18H24N2O4/c1-18(2)11-20(14-10-22-9-13(14)18)17(21)19-7-12-8-23-15-5-3-4-6-16(15)24-12/h3-6,12-14H,7-11H2,1-2H3,(H,19,21)/t12?,13-,14+/m1/s1. The van der Waals surface area contributed by atoms with Crippen LogP contribution in [0, 0.1) is 11.3 Å². The lowest BCUT2D eigenvalue weighted by atomic mass is 9.80. The first-order valence-corrected chi connectivity index (χ1v) is 8.55. The highest BCUT2D eigenvalue weighted by Crippen LogP contribution is 2.43. The van der Waals surface area contributed by atoms with Crippen molar-refractivity contribution >= 4 is 6.03 Å². The van der Waals surface area contributed by atoms with Gasteiger partial charge in [-0.15, -0.1) is 0 Å². The normalized spacial score (nSPS) is 30.1. The first kappa shape index (κ1) is 15.6. The van der Waals surface area contributed by atoms with Crippen molar-refractivity contribution in [3.63, 3.8) is 0 Å². The number of nitrogens with zero attached hydrogens (tertiary/aromatic N) is 1. The van der Waals surface area contributed by atoms with Crippen molar-refractivity contribution < 1.29 is 19.0 Å². The Morgan fingerprint density at radius 2 is 2.04 bits per heavy atom. The molecule has 6 heteroatoms. The number of nitrogens with one attached hydrogen (secondary N) is 1. The zero-order valence-electron chi connectivity index (χ0n) is 14.2. The molecule has 3 aliphatic heterocycles. The maximum Gasteiger partial charge on any atom is 0.317 e. The minimum absolute atomic E-state index is 0.0384. The molecule has 0 aliphatic carbocycles. The molecule has 3 atom stereocenters. The highest BCUT2D eigenvalue weighted by molar-refractivity contribution is 5.75. The molecular formula is C18H24N2O4. The smallest absolute Gasteiger partial charge is 0.317 e. The largest absolute Gasteiger partial charge is 0.486 e. The Hall–Kier alpha value is -1.95. The Morgan fingerprint density at radius 3 is 2.88 bits per heavy atom. The number of para-hydroxylation sites is 2. The summed E-state index contributed by atoms with van der Waals surface area (Å²) in [6, 6.07) is 7.74. The molecule has 0 aromatic heterocycles. The summed E-state index contributed by atoms with van der Waals surface area (Å²) in [5, 5.41) is 3.00. The van der Waals surface area contributed by atoms with Crippen LogP contribution in [0.5, 0.6) is 11.5 Å². The lowest BCUT2D eigenvalue weighted by molar-refractivity contribution is 0.0884. The number of carbonyl (C=O) groups is 1. The quantitative estimate of drug-likeness (QED) is 0.898. The van der Waals surface area contributed by atoms with E-state index in [-0.39, 0.29) is 23.6 Å². The van der Waals surface area contributed by atoms with Crippen molar-refractivity contribution in [2.75, 3.05) is 32.9 Å². The number of rotatable bonds is 2. The summed E-state index contributed by atoms with van der Waals surface area (Å²) in [7, 11) is 0. The van der Waals surface area contributed by atoms with E-state index in [4.69, 9.17) is 14.2 Å². The third kappa shape index (κ3) is 2.69. The number of ether oxygens (including phenoxy) is 3. The van der Waals surface area contributed by atoms with Gasteiger partial charge < -0.3 is 24.4 Å². The lowest BCUT2D eigenvalue weighted by Gasteiger charge is -2.28. The Kier molecular flexibility index (Phi) is 3.79. The molecule has 130 valence electrons. The molecule has 0 bridgehead atoms. The predicted molar refractivity (Wildman–Crippen MR) is 88.3 cm³/mol. The minimum atomic E-state index is -0.171. The summed E-state index contributed by atoms with van der Waals surface area (Å²) in [6.07, 6.45) is -0.171. The molecule has 1 aromatic carbocycles. The van der Waals surface area contributed by atoms with Crippen LogP contribution in [0.1, 0.15) is 13.8 Å². The molecule has 2 fully saturated rings. The lowest BCUT2D eigenvalue weighted by Crippen LogP contribution is -2.48. The van der Waals surface area contributed by atoms with Gasteiger partial charge in [-0.25, -0.2) is 4.79 Å². The van der Waals surface area contributed by atoms with Crippen LogP contribution >= 0.6 is 0 Å². The molecule has 0 radical (unpaired) electrons. The van der Waals surface area contributed by atoms with Gasteiger partial charge in [0.15, 0.2) is 17.6 Å². The summed E-state index contributed by atoms with van der Waals surface area (Å²) < 4.78 is 17.2. The first-order valence-electron chi connectivity index (χ1n) is 8.55. The number of fused-ring (bicyclic) bond motifs is 2. The van der Waals surface area contributed by atoms with Crippen molar-refractivity contribution in [3.8, 4) is 11.5 Å². The van der Waals surface area contributed by atoms with Gasteiger partial charge in [0.2, 0.25) is 0 Å². The van der Waals surface area contributed by atoms with Crippen LogP contribution in [0.25, 0.3) is 0 Å². The average Bonchev–Trinajstić information content (AvgIpc) is 3.16. The highest BCUT2D eigenvalue weighted by atomic mass is 16.6. The fourth-order valence-electron chi connectivity index (χ4n) is 3.96. The fraction of sp³-hybridized carbons (Fsp3) is 0.611. The van der Waals surface area contributed by atoms with E-state index in [1.807, 2.05) is 29.2 Å². The maximum absolute atomic E-state index is 12.6. The first-order chi connectivity index (χ1) is 11.5. The van der Waals surface area contributed by atoms with E-state index < -0.39 is 0 Å². The van der Waals surface area contributed by atoms with E-state index in [1.54, 1.807) is 0 Å². The second-order valence-corrected chi connectivity index (χ2v) is 7.51. The van der Waals surface area contributed by atoms with Gasteiger partial charge in [0.25, 0.3) is 0 Å². The van der Waals surface area contributed by atoms with Crippen LogP contribution in [0.15, 0.2) is 24.3 Å². The van der Waals surface area contributed by atoms with E-state index in [0.717, 1.165) is 24.7 Å². The number of carbonyl (C=O) groups excluding carboxylic acids is 1. The van der Waals surface area contributed by atoms with E-state index in [0.29, 0.717) is 25.7 Å². The second-order valence-electron chi connectivity index (χ2n) is 7.51. The summed E-state index contributed by atoms with van der Waals surface area (Å²) in [6.45, 7) is 7.45. The molecule has 4 rings (SSSR count). The second kappa shape index (κ2) is 5.84. The number of urea groups is 1. The Bertz CT molecular complexity index is 633. The molecule has 1 aromatic rings. The van der Waals surface area contributed by atoms with Crippen LogP contribution in [-0.4, -0.2) is 56.0 Å². The Morgan fingerprint density at radius 1 is 1.25 bits per heavy atom. The summed E-state index contributed by atoms with van der Waals surface area (Å²) in [4.78, 5) is 14.6. The predicted octanol–water partition coefficient (Wildman–Crippen LogP) is 1.89. The third-order valence-corrected chi connectivity index (χ3v) is 5.34. The van der Waals surface area contributed by atoms with Crippen molar-refractivity contribution in [2.24, 2.45) is 11.3 Å². The topological polar surface area (TPSA) is 60.0 Å². The van der Waals surface area contributed by atoms with Gasteiger partial charge in [-0.2, -0.15) is 0 Å². The molecule has 1 unspecified atom stereocenters. The maximum atomic E-state index is 12.6. The number of benzene rings is 1. The molecule has 0 spiro atoms. The summed E-state index contributed by atoms with van der Waals surface area (Å²) in [5.41, 5.74) is 0.0991. The average molecular weight is 332 g/mol. The van der Waals surface area contributed by atoms with Crippen molar-refractivity contribution in [3.05, 3.63) is 24.3 Å². The van der Waals surface area contributed by atoms with Crippen LogP contribution in [0.3, 0.4) is 0 Å². The van der Waals surface area contributed by atoms with Gasteiger partial charge in [0.1, 0.15) is 6.61 Å². The SMILES string of the molecule is CC1(C)CN(C(=O)NCC2COc3ccccc3O2)[C@H]2COC[C@H]21.